The molecule has 1 atom stereocenters. The van der Waals surface area contributed by atoms with Gasteiger partial charge in [-0.1, -0.05) is 11.6 Å². The number of benzene rings is 1. The van der Waals surface area contributed by atoms with Crippen molar-refractivity contribution in [2.24, 2.45) is 0 Å². The Morgan fingerprint density at radius 3 is 2.84 bits per heavy atom. The number of halogens is 2. The molecule has 0 aliphatic carbocycles. The Balaban J connectivity index is 2.12. The summed E-state index contributed by atoms with van der Waals surface area (Å²) in [6.07, 6.45) is 1.62. The topological polar surface area (TPSA) is 55.1 Å². The number of rotatable bonds is 3. The molecule has 1 N–H and O–H groups in total. The van der Waals surface area contributed by atoms with E-state index in [1.165, 1.54) is 0 Å². The molecule has 1 aromatic carbocycles. The number of hydrogen-bond acceptors (Lipinski definition) is 3. The van der Waals surface area contributed by atoms with Crippen LogP contribution in [-0.4, -0.2) is 10.9 Å². The molecular weight excluding hydrogens is 332 g/mol. The lowest BCUT2D eigenvalue weighted by molar-refractivity contribution is 0.0933. The monoisotopic (exact) mass is 342 g/mol. The van der Waals surface area contributed by atoms with Gasteiger partial charge >= 0.3 is 0 Å². The van der Waals surface area contributed by atoms with Crippen LogP contribution in [0.25, 0.3) is 0 Å². The van der Waals surface area contributed by atoms with Gasteiger partial charge in [0.2, 0.25) is 5.89 Å². The molecule has 0 saturated carbocycles. The highest BCUT2D eigenvalue weighted by Crippen LogP contribution is 2.22. The third-order valence-corrected chi connectivity index (χ3v) is 3.42. The van der Waals surface area contributed by atoms with Crippen molar-refractivity contribution in [3.05, 3.63) is 51.1 Å². The van der Waals surface area contributed by atoms with Crippen molar-refractivity contribution in [2.75, 3.05) is 0 Å². The Labute approximate surface area is 124 Å². The van der Waals surface area contributed by atoms with Gasteiger partial charge in [0, 0.05) is 9.50 Å². The first-order valence-electron chi connectivity index (χ1n) is 5.65. The zero-order valence-electron chi connectivity index (χ0n) is 10.4. The predicted molar refractivity (Wildman–Crippen MR) is 76.3 cm³/mol. The summed E-state index contributed by atoms with van der Waals surface area (Å²) in [4.78, 5) is 16.2. The summed E-state index contributed by atoms with van der Waals surface area (Å²) >= 11 is 9.15. The third-order valence-electron chi connectivity index (χ3n) is 2.53. The lowest BCUT2D eigenvalue weighted by Crippen LogP contribution is -2.27. The van der Waals surface area contributed by atoms with Crippen molar-refractivity contribution < 1.29 is 9.21 Å². The molecule has 0 spiro atoms. The van der Waals surface area contributed by atoms with Gasteiger partial charge in [0.05, 0.1) is 11.8 Å². The standard InChI is InChI=1S/C13H12BrClN2O2/c1-7-6-16-13(19-7)8(2)17-12(18)10-4-3-9(15)5-11(10)14/h3-6,8H,1-2H3,(H,17,18). The molecule has 0 aliphatic rings. The lowest BCUT2D eigenvalue weighted by atomic mass is 10.2. The van der Waals surface area contributed by atoms with E-state index in [1.54, 1.807) is 31.3 Å². The van der Waals surface area contributed by atoms with Crippen LogP contribution in [-0.2, 0) is 0 Å². The summed E-state index contributed by atoms with van der Waals surface area (Å²) in [5.74, 6) is 0.978. The first-order chi connectivity index (χ1) is 8.97. The second-order valence-corrected chi connectivity index (χ2v) is 5.42. The Morgan fingerprint density at radius 1 is 1.53 bits per heavy atom. The Hall–Kier alpha value is -1.33. The van der Waals surface area contributed by atoms with E-state index in [0.29, 0.717) is 26.7 Å². The summed E-state index contributed by atoms with van der Waals surface area (Å²) in [5, 5.41) is 3.39. The molecule has 19 heavy (non-hydrogen) atoms. The molecule has 1 amide bonds. The predicted octanol–water partition coefficient (Wildman–Crippen LogP) is 3.89. The number of nitrogens with zero attached hydrogens (tertiary/aromatic N) is 1. The Kier molecular flexibility index (Phi) is 4.27. The maximum atomic E-state index is 12.1. The summed E-state index contributed by atoms with van der Waals surface area (Å²) < 4.78 is 6.02. The number of aromatic nitrogens is 1. The smallest absolute Gasteiger partial charge is 0.253 e. The van der Waals surface area contributed by atoms with E-state index >= 15 is 0 Å². The van der Waals surface area contributed by atoms with E-state index in [-0.39, 0.29) is 11.9 Å². The summed E-state index contributed by atoms with van der Waals surface area (Å²) in [6.45, 7) is 3.62. The minimum absolute atomic E-state index is 0.216. The largest absolute Gasteiger partial charge is 0.444 e. The van der Waals surface area contributed by atoms with Crippen molar-refractivity contribution in [2.45, 2.75) is 19.9 Å². The molecule has 6 heteroatoms. The quantitative estimate of drug-likeness (QED) is 0.920. The number of aryl methyl sites for hydroxylation is 1. The molecule has 1 heterocycles. The molecule has 0 radical (unpaired) electrons. The number of hydrogen-bond donors (Lipinski definition) is 1. The number of nitrogens with one attached hydrogen (secondary N) is 1. The molecule has 2 aromatic rings. The van der Waals surface area contributed by atoms with Gasteiger partial charge in [0.15, 0.2) is 0 Å². The fourth-order valence-electron chi connectivity index (χ4n) is 1.58. The first-order valence-corrected chi connectivity index (χ1v) is 6.82. The van der Waals surface area contributed by atoms with Crippen LogP contribution in [0.4, 0.5) is 0 Å². The molecule has 0 aliphatic heterocycles. The molecule has 2 rings (SSSR count). The van der Waals surface area contributed by atoms with Gasteiger partial charge in [-0.3, -0.25) is 4.79 Å². The number of oxazole rings is 1. The second-order valence-electron chi connectivity index (χ2n) is 4.13. The molecule has 100 valence electrons. The van der Waals surface area contributed by atoms with E-state index < -0.39 is 0 Å². The van der Waals surface area contributed by atoms with Gasteiger partial charge in [0.1, 0.15) is 11.8 Å². The van der Waals surface area contributed by atoms with Crippen molar-refractivity contribution >= 4 is 33.4 Å². The summed E-state index contributed by atoms with van der Waals surface area (Å²) in [6, 6.07) is 4.70. The summed E-state index contributed by atoms with van der Waals surface area (Å²) in [7, 11) is 0. The average molecular weight is 344 g/mol. The van der Waals surface area contributed by atoms with E-state index in [1.807, 2.05) is 6.92 Å². The average Bonchev–Trinajstić information content (AvgIpc) is 2.75. The highest BCUT2D eigenvalue weighted by molar-refractivity contribution is 9.10. The van der Waals surface area contributed by atoms with Gasteiger partial charge in [-0.2, -0.15) is 0 Å². The zero-order chi connectivity index (χ0) is 14.0. The van der Waals surface area contributed by atoms with Gasteiger partial charge in [0.25, 0.3) is 5.91 Å². The van der Waals surface area contributed by atoms with E-state index in [2.05, 4.69) is 26.2 Å². The van der Waals surface area contributed by atoms with Crippen LogP contribution >= 0.6 is 27.5 Å². The van der Waals surface area contributed by atoms with Gasteiger partial charge in [-0.05, 0) is 48.0 Å². The third kappa shape index (κ3) is 3.36. The molecule has 1 unspecified atom stereocenters. The van der Waals surface area contributed by atoms with Crippen molar-refractivity contribution in [3.8, 4) is 0 Å². The highest BCUT2D eigenvalue weighted by atomic mass is 79.9. The number of carbonyl (C=O) groups excluding carboxylic acids is 1. The van der Waals surface area contributed by atoms with Crippen molar-refractivity contribution in [3.63, 3.8) is 0 Å². The van der Waals surface area contributed by atoms with Gasteiger partial charge < -0.3 is 9.73 Å². The molecular formula is C13H12BrClN2O2. The van der Waals surface area contributed by atoms with Crippen LogP contribution in [0.1, 0.15) is 35.0 Å². The van der Waals surface area contributed by atoms with Crippen LogP contribution in [0.5, 0.6) is 0 Å². The fraction of sp³-hybridized carbons (Fsp3) is 0.231. The summed E-state index contributed by atoms with van der Waals surface area (Å²) in [5.41, 5.74) is 0.513. The van der Waals surface area contributed by atoms with Crippen molar-refractivity contribution in [1.29, 1.82) is 0 Å². The minimum atomic E-state index is -0.302. The minimum Gasteiger partial charge on any atom is -0.444 e. The molecule has 0 fully saturated rings. The fourth-order valence-corrected chi connectivity index (χ4v) is 2.44. The maximum absolute atomic E-state index is 12.1. The van der Waals surface area contributed by atoms with Gasteiger partial charge in [-0.15, -0.1) is 0 Å². The second kappa shape index (κ2) is 5.75. The van der Waals surface area contributed by atoms with E-state index in [4.69, 9.17) is 16.0 Å². The Bertz CT molecular complexity index is 612. The lowest BCUT2D eigenvalue weighted by Gasteiger charge is -2.11. The number of amides is 1. The number of carbonyl (C=O) groups is 1. The molecule has 1 aromatic heterocycles. The first kappa shape index (κ1) is 14.1. The van der Waals surface area contributed by atoms with Crippen LogP contribution in [0.3, 0.4) is 0 Å². The molecule has 0 bridgehead atoms. The van der Waals surface area contributed by atoms with Crippen LogP contribution in [0, 0.1) is 6.92 Å². The van der Waals surface area contributed by atoms with E-state index in [9.17, 15) is 4.79 Å². The van der Waals surface area contributed by atoms with E-state index in [0.717, 1.165) is 0 Å². The normalized spacial score (nSPS) is 12.2. The van der Waals surface area contributed by atoms with Crippen LogP contribution in [0.15, 0.2) is 33.3 Å². The SMILES string of the molecule is Cc1cnc(C(C)NC(=O)c2ccc(Cl)cc2Br)o1. The van der Waals surface area contributed by atoms with Crippen LogP contribution in [0.2, 0.25) is 5.02 Å². The van der Waals surface area contributed by atoms with Crippen molar-refractivity contribution in [1.82, 2.24) is 10.3 Å². The maximum Gasteiger partial charge on any atom is 0.253 e. The molecule has 0 saturated heterocycles. The van der Waals surface area contributed by atoms with Crippen LogP contribution < -0.4 is 5.32 Å². The Morgan fingerprint density at radius 2 is 2.26 bits per heavy atom. The molecule has 4 nitrogen and oxygen atoms in total. The highest BCUT2D eigenvalue weighted by Gasteiger charge is 2.17. The zero-order valence-corrected chi connectivity index (χ0v) is 12.7. The van der Waals surface area contributed by atoms with Gasteiger partial charge in [-0.25, -0.2) is 4.98 Å².